The molecule has 0 atom stereocenters. The average Bonchev–Trinajstić information content (AvgIpc) is 3.36. The molecular formula is C22H25N3O4S. The summed E-state index contributed by atoms with van der Waals surface area (Å²) in [5.41, 5.74) is 0.818. The van der Waals surface area contributed by atoms with Crippen LogP contribution in [-0.4, -0.2) is 62.5 Å². The highest BCUT2D eigenvalue weighted by Crippen LogP contribution is 2.35. The smallest absolute Gasteiger partial charge is 0.266 e. The Hall–Kier alpha value is -2.55. The SMILES string of the molecule is COCCCN1C(=O)/C(=C/c2ccc(N3CCOCC3)o2)SC1=Nc1ccccc1. The van der Waals surface area contributed by atoms with Gasteiger partial charge in [0.25, 0.3) is 5.91 Å². The van der Waals surface area contributed by atoms with Crippen LogP contribution < -0.4 is 4.90 Å². The number of amides is 1. The number of anilines is 1. The molecule has 0 N–H and O–H groups in total. The summed E-state index contributed by atoms with van der Waals surface area (Å²) in [6.07, 6.45) is 2.54. The number of nitrogens with zero attached hydrogens (tertiary/aromatic N) is 3. The molecule has 7 nitrogen and oxygen atoms in total. The third-order valence-electron chi connectivity index (χ3n) is 4.81. The molecule has 0 aliphatic carbocycles. The van der Waals surface area contributed by atoms with Crippen LogP contribution in [0.25, 0.3) is 6.08 Å². The quantitative estimate of drug-likeness (QED) is 0.495. The topological polar surface area (TPSA) is 67.5 Å². The van der Waals surface area contributed by atoms with E-state index >= 15 is 0 Å². The molecule has 2 saturated heterocycles. The van der Waals surface area contributed by atoms with Crippen molar-refractivity contribution in [2.75, 3.05) is 51.5 Å². The Morgan fingerprint density at radius 2 is 1.97 bits per heavy atom. The van der Waals surface area contributed by atoms with Crippen molar-refractivity contribution in [1.29, 1.82) is 0 Å². The highest BCUT2D eigenvalue weighted by molar-refractivity contribution is 8.18. The number of benzene rings is 1. The van der Waals surface area contributed by atoms with Gasteiger partial charge in [-0.25, -0.2) is 4.99 Å². The lowest BCUT2D eigenvalue weighted by Crippen LogP contribution is -2.35. The Kier molecular flexibility index (Phi) is 6.88. The van der Waals surface area contributed by atoms with Gasteiger partial charge in [0.15, 0.2) is 11.1 Å². The summed E-state index contributed by atoms with van der Waals surface area (Å²) in [6, 6.07) is 13.5. The second-order valence-corrected chi connectivity index (χ2v) is 7.93. The van der Waals surface area contributed by atoms with Crippen LogP contribution in [0.5, 0.6) is 0 Å². The van der Waals surface area contributed by atoms with E-state index in [0.29, 0.717) is 42.2 Å². The number of methoxy groups -OCH3 is 1. The minimum Gasteiger partial charge on any atom is -0.441 e. The number of para-hydroxylation sites is 1. The fraction of sp³-hybridized carbons (Fsp3) is 0.364. The third kappa shape index (κ3) is 4.95. The fourth-order valence-electron chi connectivity index (χ4n) is 3.27. The number of hydrogen-bond acceptors (Lipinski definition) is 7. The average molecular weight is 428 g/mol. The van der Waals surface area contributed by atoms with Crippen molar-refractivity contribution in [3.8, 4) is 0 Å². The molecule has 0 saturated carbocycles. The highest BCUT2D eigenvalue weighted by Gasteiger charge is 2.33. The molecule has 2 aliphatic rings. The number of carbonyl (C=O) groups is 1. The van der Waals surface area contributed by atoms with Crippen molar-refractivity contribution in [3.05, 3.63) is 53.1 Å². The van der Waals surface area contributed by atoms with E-state index in [4.69, 9.17) is 13.9 Å². The molecule has 4 rings (SSSR count). The van der Waals surface area contributed by atoms with Gasteiger partial charge in [0.1, 0.15) is 5.76 Å². The Balaban J connectivity index is 1.55. The molecule has 0 unspecified atom stereocenters. The van der Waals surface area contributed by atoms with E-state index in [2.05, 4.69) is 9.89 Å². The van der Waals surface area contributed by atoms with Crippen LogP contribution in [0, 0.1) is 0 Å². The van der Waals surface area contributed by atoms with Crippen molar-refractivity contribution in [3.63, 3.8) is 0 Å². The summed E-state index contributed by atoms with van der Waals surface area (Å²) in [5.74, 6) is 1.40. The predicted molar refractivity (Wildman–Crippen MR) is 119 cm³/mol. The van der Waals surface area contributed by atoms with E-state index in [1.807, 2.05) is 42.5 Å². The molecule has 3 heterocycles. The molecule has 1 aromatic carbocycles. The Morgan fingerprint density at radius 1 is 1.17 bits per heavy atom. The molecule has 0 spiro atoms. The van der Waals surface area contributed by atoms with Crippen LogP contribution >= 0.6 is 11.8 Å². The van der Waals surface area contributed by atoms with E-state index in [1.165, 1.54) is 11.8 Å². The first-order valence-electron chi connectivity index (χ1n) is 10.0. The number of furan rings is 1. The van der Waals surface area contributed by atoms with E-state index in [1.54, 1.807) is 18.1 Å². The number of ether oxygens (including phenoxy) is 2. The van der Waals surface area contributed by atoms with Gasteiger partial charge in [0.2, 0.25) is 0 Å². The lowest BCUT2D eigenvalue weighted by atomic mass is 10.3. The zero-order valence-electron chi connectivity index (χ0n) is 17.0. The van der Waals surface area contributed by atoms with E-state index in [9.17, 15) is 4.79 Å². The maximum atomic E-state index is 13.1. The second-order valence-electron chi connectivity index (χ2n) is 6.92. The van der Waals surface area contributed by atoms with Crippen LogP contribution in [0.4, 0.5) is 11.6 Å². The maximum absolute atomic E-state index is 13.1. The zero-order valence-corrected chi connectivity index (χ0v) is 17.8. The molecule has 158 valence electrons. The summed E-state index contributed by atoms with van der Waals surface area (Å²) < 4.78 is 16.5. The molecule has 8 heteroatoms. The molecule has 2 fully saturated rings. The standard InChI is InChI=1S/C22H25N3O4S/c1-27-13-5-10-25-21(26)19(30-22(25)23-17-6-3-2-4-7-17)16-18-8-9-20(29-18)24-11-14-28-15-12-24/h2-4,6-9,16H,5,10-15H2,1H3/b19-16-,23-22?. The van der Waals surface area contributed by atoms with Crippen molar-refractivity contribution >= 4 is 40.5 Å². The number of carbonyl (C=O) groups excluding carboxylic acids is 1. The van der Waals surface area contributed by atoms with Gasteiger partial charge in [-0.15, -0.1) is 0 Å². The Bertz CT molecular complexity index is 919. The van der Waals surface area contributed by atoms with E-state index in [-0.39, 0.29) is 5.91 Å². The first kappa shape index (κ1) is 20.7. The number of aliphatic imine (C=N–C) groups is 1. The monoisotopic (exact) mass is 427 g/mol. The second kappa shape index (κ2) is 9.97. The summed E-state index contributed by atoms with van der Waals surface area (Å²) in [7, 11) is 1.66. The molecule has 30 heavy (non-hydrogen) atoms. The van der Waals surface area contributed by atoms with Gasteiger partial charge in [-0.3, -0.25) is 9.69 Å². The van der Waals surface area contributed by atoms with Crippen LogP contribution in [0.1, 0.15) is 12.2 Å². The summed E-state index contributed by atoms with van der Waals surface area (Å²) >= 11 is 1.37. The molecular weight excluding hydrogens is 402 g/mol. The Morgan fingerprint density at radius 3 is 2.73 bits per heavy atom. The largest absolute Gasteiger partial charge is 0.441 e. The van der Waals surface area contributed by atoms with Gasteiger partial charge in [-0.1, -0.05) is 18.2 Å². The number of rotatable bonds is 7. The van der Waals surface area contributed by atoms with E-state index < -0.39 is 0 Å². The minimum atomic E-state index is -0.0601. The maximum Gasteiger partial charge on any atom is 0.266 e. The number of thioether (sulfide) groups is 1. The van der Waals surface area contributed by atoms with Crippen LogP contribution in [-0.2, 0) is 14.3 Å². The number of amidine groups is 1. The number of morpholine rings is 1. The van der Waals surface area contributed by atoms with E-state index in [0.717, 1.165) is 31.1 Å². The fourth-order valence-corrected chi connectivity index (χ4v) is 4.28. The Labute approximate surface area is 180 Å². The minimum absolute atomic E-state index is 0.0601. The first-order valence-corrected chi connectivity index (χ1v) is 10.8. The molecule has 2 aromatic rings. The zero-order chi connectivity index (χ0) is 20.8. The van der Waals surface area contributed by atoms with Crippen molar-refractivity contribution in [1.82, 2.24) is 4.90 Å². The van der Waals surface area contributed by atoms with Gasteiger partial charge >= 0.3 is 0 Å². The molecule has 0 radical (unpaired) electrons. The van der Waals surface area contributed by atoms with Gasteiger partial charge in [-0.2, -0.15) is 0 Å². The summed E-state index contributed by atoms with van der Waals surface area (Å²) in [4.78, 5) is 22.2. The highest BCUT2D eigenvalue weighted by atomic mass is 32.2. The summed E-state index contributed by atoms with van der Waals surface area (Å²) in [5, 5.41) is 0.675. The van der Waals surface area contributed by atoms with Crippen molar-refractivity contribution in [2.24, 2.45) is 4.99 Å². The lowest BCUT2D eigenvalue weighted by molar-refractivity contribution is -0.122. The van der Waals surface area contributed by atoms with Gasteiger partial charge in [-0.05, 0) is 36.4 Å². The van der Waals surface area contributed by atoms with Gasteiger partial charge in [0.05, 0.1) is 23.8 Å². The van der Waals surface area contributed by atoms with Crippen LogP contribution in [0.15, 0.2) is 56.8 Å². The van der Waals surface area contributed by atoms with Crippen molar-refractivity contribution in [2.45, 2.75) is 6.42 Å². The normalized spacial score (nSPS) is 20.0. The molecule has 1 aromatic heterocycles. The van der Waals surface area contributed by atoms with Crippen LogP contribution in [0.2, 0.25) is 0 Å². The predicted octanol–water partition coefficient (Wildman–Crippen LogP) is 3.76. The van der Waals surface area contributed by atoms with Crippen LogP contribution in [0.3, 0.4) is 0 Å². The molecule has 0 bridgehead atoms. The number of hydrogen-bond donors (Lipinski definition) is 0. The molecule has 2 aliphatic heterocycles. The lowest BCUT2D eigenvalue weighted by Gasteiger charge is -2.26. The molecule has 1 amide bonds. The van der Waals surface area contributed by atoms with Gasteiger partial charge in [0, 0.05) is 45.5 Å². The third-order valence-corrected chi connectivity index (χ3v) is 5.81. The summed E-state index contributed by atoms with van der Waals surface area (Å²) in [6.45, 7) is 4.15. The first-order chi connectivity index (χ1) is 14.7. The van der Waals surface area contributed by atoms with Crippen molar-refractivity contribution < 1.29 is 18.7 Å². The van der Waals surface area contributed by atoms with Gasteiger partial charge < -0.3 is 18.8 Å².